The third-order valence-corrected chi connectivity index (χ3v) is 5.03. The molecule has 1 aliphatic heterocycles. The fraction of sp³-hybridized carbons (Fsp3) is 0. The maximum absolute atomic E-state index is 13.3. The molecule has 0 atom stereocenters. The lowest BCUT2D eigenvalue weighted by molar-refractivity contribution is -0.112. The van der Waals surface area contributed by atoms with Crippen LogP contribution in [0.2, 0.25) is 15.1 Å². The van der Waals surface area contributed by atoms with Crippen molar-refractivity contribution in [3.63, 3.8) is 0 Å². The van der Waals surface area contributed by atoms with Crippen LogP contribution in [0.25, 0.3) is 11.6 Å². The third-order valence-electron chi connectivity index (χ3n) is 4.19. The molecule has 3 aromatic carbocycles. The van der Waals surface area contributed by atoms with Gasteiger partial charge < -0.3 is 0 Å². The molecule has 1 aliphatic rings. The molecule has 4 rings (SSSR count). The van der Waals surface area contributed by atoms with Crippen molar-refractivity contribution in [3.8, 4) is 0 Å². The van der Waals surface area contributed by atoms with Crippen LogP contribution in [-0.4, -0.2) is 5.91 Å². The van der Waals surface area contributed by atoms with Crippen LogP contribution in [0.5, 0.6) is 0 Å². The molecule has 1 amide bonds. The standard InChI is InChI=1S/C21H12Cl3NO/c22-14-6-3-5-13(11-14)12-16-15-7-1-2-10-19(15)25(21(16)26)20-17(23)8-4-9-18(20)24/h1-12H/b16-12-. The summed E-state index contributed by atoms with van der Waals surface area (Å²) < 4.78 is 0. The van der Waals surface area contributed by atoms with Gasteiger partial charge in [-0.3, -0.25) is 9.69 Å². The van der Waals surface area contributed by atoms with Gasteiger partial charge in [0, 0.05) is 10.6 Å². The van der Waals surface area contributed by atoms with Crippen molar-refractivity contribution in [2.45, 2.75) is 0 Å². The Balaban J connectivity index is 1.91. The minimum absolute atomic E-state index is 0.179. The summed E-state index contributed by atoms with van der Waals surface area (Å²) in [5, 5.41) is 1.46. The van der Waals surface area contributed by atoms with E-state index in [0.717, 1.165) is 16.8 Å². The predicted octanol–water partition coefficient (Wildman–Crippen LogP) is 6.87. The van der Waals surface area contributed by atoms with E-state index in [1.54, 1.807) is 29.2 Å². The zero-order valence-electron chi connectivity index (χ0n) is 13.4. The first-order chi connectivity index (χ1) is 12.6. The minimum Gasteiger partial charge on any atom is -0.273 e. The second kappa shape index (κ2) is 6.81. The number of rotatable bonds is 2. The topological polar surface area (TPSA) is 20.3 Å². The summed E-state index contributed by atoms with van der Waals surface area (Å²) in [5.41, 5.74) is 3.48. The number of hydrogen-bond donors (Lipinski definition) is 0. The first-order valence-corrected chi connectivity index (χ1v) is 9.05. The van der Waals surface area contributed by atoms with Gasteiger partial charge in [0.1, 0.15) is 0 Å². The van der Waals surface area contributed by atoms with E-state index in [9.17, 15) is 4.79 Å². The van der Waals surface area contributed by atoms with E-state index in [2.05, 4.69) is 0 Å². The van der Waals surface area contributed by atoms with E-state index in [-0.39, 0.29) is 5.91 Å². The summed E-state index contributed by atoms with van der Waals surface area (Å²) in [5.74, 6) is -0.179. The highest BCUT2D eigenvalue weighted by Gasteiger charge is 2.35. The zero-order valence-corrected chi connectivity index (χ0v) is 15.7. The number of fused-ring (bicyclic) bond motifs is 1. The largest absolute Gasteiger partial charge is 0.273 e. The van der Waals surface area contributed by atoms with E-state index in [0.29, 0.717) is 26.3 Å². The van der Waals surface area contributed by atoms with Crippen molar-refractivity contribution in [1.29, 1.82) is 0 Å². The van der Waals surface area contributed by atoms with Crippen molar-refractivity contribution in [2.24, 2.45) is 0 Å². The van der Waals surface area contributed by atoms with Crippen LogP contribution in [0.15, 0.2) is 66.7 Å². The van der Waals surface area contributed by atoms with Crippen LogP contribution in [0.1, 0.15) is 11.1 Å². The maximum atomic E-state index is 13.3. The molecule has 0 radical (unpaired) electrons. The van der Waals surface area contributed by atoms with Gasteiger partial charge >= 0.3 is 0 Å². The van der Waals surface area contributed by atoms with Crippen LogP contribution >= 0.6 is 34.8 Å². The molecule has 0 spiro atoms. The Kier molecular flexibility index (Phi) is 4.49. The lowest BCUT2D eigenvalue weighted by atomic mass is 10.0. The second-order valence-electron chi connectivity index (χ2n) is 5.84. The monoisotopic (exact) mass is 399 g/mol. The maximum Gasteiger partial charge on any atom is 0.263 e. The molecule has 0 unspecified atom stereocenters. The van der Waals surface area contributed by atoms with Gasteiger partial charge in [-0.1, -0.05) is 71.2 Å². The van der Waals surface area contributed by atoms with Gasteiger partial charge in [0.25, 0.3) is 5.91 Å². The van der Waals surface area contributed by atoms with E-state index in [1.165, 1.54) is 0 Å². The van der Waals surface area contributed by atoms with E-state index in [1.807, 2.05) is 48.5 Å². The van der Waals surface area contributed by atoms with E-state index < -0.39 is 0 Å². The number of hydrogen-bond acceptors (Lipinski definition) is 1. The molecule has 0 saturated heterocycles. The SMILES string of the molecule is O=C1/C(=C\c2cccc(Cl)c2)c2ccccc2N1c1c(Cl)cccc1Cl. The highest BCUT2D eigenvalue weighted by molar-refractivity contribution is 6.44. The van der Waals surface area contributed by atoms with Crippen molar-refractivity contribution in [1.82, 2.24) is 0 Å². The molecule has 0 aliphatic carbocycles. The van der Waals surface area contributed by atoms with Crippen LogP contribution in [-0.2, 0) is 4.79 Å². The number of carbonyl (C=O) groups is 1. The van der Waals surface area contributed by atoms with E-state index in [4.69, 9.17) is 34.8 Å². The van der Waals surface area contributed by atoms with Crippen LogP contribution in [0.3, 0.4) is 0 Å². The van der Waals surface area contributed by atoms with Gasteiger partial charge in [-0.25, -0.2) is 0 Å². The molecular weight excluding hydrogens is 389 g/mol. The molecule has 0 fully saturated rings. The Bertz CT molecular complexity index is 1040. The number of anilines is 2. The Morgan fingerprint density at radius 3 is 2.23 bits per heavy atom. The fourth-order valence-corrected chi connectivity index (χ4v) is 3.83. The summed E-state index contributed by atoms with van der Waals surface area (Å²) in [4.78, 5) is 14.8. The summed E-state index contributed by atoms with van der Waals surface area (Å²) in [6, 6.07) is 20.1. The quantitative estimate of drug-likeness (QED) is 0.430. The molecule has 3 aromatic rings. The molecule has 128 valence electrons. The Morgan fingerprint density at radius 1 is 0.808 bits per heavy atom. The predicted molar refractivity (Wildman–Crippen MR) is 109 cm³/mol. The molecule has 0 saturated carbocycles. The van der Waals surface area contributed by atoms with Crippen LogP contribution in [0.4, 0.5) is 11.4 Å². The molecule has 0 bridgehead atoms. The Labute approximate surface area is 166 Å². The number of halogens is 3. The first kappa shape index (κ1) is 17.2. The van der Waals surface area contributed by atoms with Crippen molar-refractivity contribution in [2.75, 3.05) is 4.90 Å². The lowest BCUT2D eigenvalue weighted by Crippen LogP contribution is -2.21. The van der Waals surface area contributed by atoms with Gasteiger partial charge in [-0.15, -0.1) is 0 Å². The summed E-state index contributed by atoms with van der Waals surface area (Å²) >= 11 is 18.8. The lowest BCUT2D eigenvalue weighted by Gasteiger charge is -2.20. The van der Waals surface area contributed by atoms with Gasteiger partial charge in [-0.2, -0.15) is 0 Å². The minimum atomic E-state index is -0.179. The summed E-state index contributed by atoms with van der Waals surface area (Å²) in [6.45, 7) is 0. The number of benzene rings is 3. The highest BCUT2D eigenvalue weighted by atomic mass is 35.5. The average Bonchev–Trinajstić information content (AvgIpc) is 2.88. The fourth-order valence-electron chi connectivity index (χ4n) is 3.07. The summed E-state index contributed by atoms with van der Waals surface area (Å²) in [6.07, 6.45) is 1.83. The third kappa shape index (κ3) is 2.90. The van der Waals surface area contributed by atoms with Gasteiger partial charge in [-0.05, 0) is 42.0 Å². The van der Waals surface area contributed by atoms with Crippen LogP contribution in [0, 0.1) is 0 Å². The van der Waals surface area contributed by atoms with Crippen LogP contribution < -0.4 is 4.90 Å². The number of carbonyl (C=O) groups excluding carboxylic acids is 1. The molecule has 0 aromatic heterocycles. The van der Waals surface area contributed by atoms with Crippen molar-refractivity contribution >= 4 is 63.7 Å². The number of para-hydroxylation sites is 2. The van der Waals surface area contributed by atoms with Crippen molar-refractivity contribution < 1.29 is 4.79 Å². The van der Waals surface area contributed by atoms with Gasteiger partial charge in [0.05, 0.1) is 27.0 Å². The molecular formula is C21H12Cl3NO. The van der Waals surface area contributed by atoms with Gasteiger partial charge in [0.2, 0.25) is 0 Å². The average molecular weight is 401 g/mol. The highest BCUT2D eigenvalue weighted by Crippen LogP contribution is 2.46. The molecule has 26 heavy (non-hydrogen) atoms. The molecule has 0 N–H and O–H groups in total. The first-order valence-electron chi connectivity index (χ1n) is 7.91. The van der Waals surface area contributed by atoms with Crippen molar-refractivity contribution in [3.05, 3.63) is 92.9 Å². The van der Waals surface area contributed by atoms with E-state index >= 15 is 0 Å². The zero-order chi connectivity index (χ0) is 18.3. The Hall–Kier alpha value is -2.26. The number of amides is 1. The molecule has 5 heteroatoms. The normalized spacial score (nSPS) is 14.8. The summed E-state index contributed by atoms with van der Waals surface area (Å²) in [7, 11) is 0. The molecule has 2 nitrogen and oxygen atoms in total. The number of nitrogens with zero attached hydrogens (tertiary/aromatic N) is 1. The Morgan fingerprint density at radius 2 is 1.50 bits per heavy atom. The molecule has 1 heterocycles. The van der Waals surface area contributed by atoms with Gasteiger partial charge in [0.15, 0.2) is 0 Å². The second-order valence-corrected chi connectivity index (χ2v) is 7.09. The smallest absolute Gasteiger partial charge is 0.263 e.